The monoisotopic (exact) mass is 622 g/mol. The van der Waals surface area contributed by atoms with E-state index in [1.54, 1.807) is 0 Å². The molecule has 0 amide bonds. The lowest BCUT2D eigenvalue weighted by Crippen LogP contribution is -2.15. The van der Waals surface area contributed by atoms with E-state index in [0.29, 0.717) is 31.1 Å². The summed E-state index contributed by atoms with van der Waals surface area (Å²) in [5.74, 6) is -0.234. The highest BCUT2D eigenvalue weighted by atomic mass is 17.3. The summed E-state index contributed by atoms with van der Waals surface area (Å²) in [7, 11) is 0. The van der Waals surface area contributed by atoms with Crippen molar-refractivity contribution < 1.29 is 63.4 Å². The Balaban J connectivity index is 0. The molecule has 0 saturated heterocycles. The molecule has 0 aliphatic carbocycles. The Morgan fingerprint density at radius 2 is 0.791 bits per heavy atom. The van der Waals surface area contributed by atoms with E-state index in [1.807, 2.05) is 0 Å². The van der Waals surface area contributed by atoms with Gasteiger partial charge in [0.05, 0.1) is 19.3 Å². The van der Waals surface area contributed by atoms with Crippen molar-refractivity contribution in [2.45, 2.75) is 150 Å². The molecule has 252 valence electrons. The van der Waals surface area contributed by atoms with Gasteiger partial charge >= 0.3 is 30.2 Å². The summed E-state index contributed by atoms with van der Waals surface area (Å²) < 4.78 is 0. The largest absolute Gasteiger partial charge is 0.592 e. The first-order valence-corrected chi connectivity index (χ1v) is 15.5. The van der Waals surface area contributed by atoms with Crippen LogP contribution in [0.5, 0.6) is 0 Å². The zero-order valence-electron chi connectivity index (χ0n) is 26.7. The van der Waals surface area contributed by atoms with E-state index in [9.17, 15) is 24.0 Å². The zero-order chi connectivity index (χ0) is 32.7. The molecular weight excluding hydrogens is 568 g/mol. The topological polar surface area (TPSA) is 170 Å². The van der Waals surface area contributed by atoms with Crippen LogP contribution in [0.2, 0.25) is 0 Å². The molecule has 13 heteroatoms. The van der Waals surface area contributed by atoms with Gasteiger partial charge in [0.1, 0.15) is 0 Å². The van der Waals surface area contributed by atoms with Gasteiger partial charge in [-0.15, -0.1) is 0 Å². The highest BCUT2D eigenvalue weighted by Gasteiger charge is 2.15. The molecule has 43 heavy (non-hydrogen) atoms. The van der Waals surface area contributed by atoms with Crippen molar-refractivity contribution in [1.29, 1.82) is 0 Å². The lowest BCUT2D eigenvalue weighted by atomic mass is 10.0. The van der Waals surface area contributed by atoms with E-state index in [0.717, 1.165) is 57.8 Å². The minimum absolute atomic E-state index is 0.0978. The standard InChI is InChI=1S/C18H34O4.C12H20O9/c1-15(2)11-7-5-9-13-17(19)21-22-18(20)14-10-6-8-12-16(3)4;1-2-3-4-5-6-7-8-9-10(13)18-20-12(15)21-19-11(14)17-16/h15-16H,5-14H2,1-4H3;16H,2-9H2,1H3. The highest BCUT2D eigenvalue weighted by Crippen LogP contribution is 2.12. The van der Waals surface area contributed by atoms with Crippen molar-refractivity contribution in [2.24, 2.45) is 11.8 Å². The summed E-state index contributed by atoms with van der Waals surface area (Å²) in [5.41, 5.74) is 0. The first-order chi connectivity index (χ1) is 20.5. The first-order valence-electron chi connectivity index (χ1n) is 15.5. The van der Waals surface area contributed by atoms with Gasteiger partial charge in [-0.2, -0.15) is 24.6 Å². The maximum atomic E-state index is 11.4. The van der Waals surface area contributed by atoms with Crippen LogP contribution in [-0.4, -0.2) is 35.5 Å². The predicted molar refractivity (Wildman–Crippen MR) is 154 cm³/mol. The normalized spacial score (nSPS) is 10.3. The van der Waals surface area contributed by atoms with Gasteiger partial charge in [0, 0.05) is 0 Å². The molecular formula is C30H54O13. The third-order valence-corrected chi connectivity index (χ3v) is 5.99. The smallest absolute Gasteiger partial charge is 0.260 e. The molecule has 0 fully saturated rings. The third kappa shape index (κ3) is 35.0. The molecule has 0 aliphatic rings. The molecule has 0 heterocycles. The fourth-order valence-corrected chi connectivity index (χ4v) is 3.62. The van der Waals surface area contributed by atoms with Crippen LogP contribution < -0.4 is 0 Å². The van der Waals surface area contributed by atoms with Gasteiger partial charge in [0.25, 0.3) is 0 Å². The Morgan fingerprint density at radius 1 is 0.465 bits per heavy atom. The van der Waals surface area contributed by atoms with Gasteiger partial charge in [-0.05, 0) is 31.1 Å². The van der Waals surface area contributed by atoms with Gasteiger partial charge in [-0.25, -0.2) is 33.9 Å². The quantitative estimate of drug-likeness (QED) is 0.0779. The van der Waals surface area contributed by atoms with Crippen LogP contribution in [0.4, 0.5) is 9.59 Å². The zero-order valence-corrected chi connectivity index (χ0v) is 26.7. The van der Waals surface area contributed by atoms with E-state index in [-0.39, 0.29) is 6.42 Å². The van der Waals surface area contributed by atoms with Crippen molar-refractivity contribution in [1.82, 2.24) is 0 Å². The van der Waals surface area contributed by atoms with Crippen molar-refractivity contribution >= 4 is 30.2 Å². The summed E-state index contributed by atoms with van der Waals surface area (Å²) in [6, 6.07) is 0. The molecule has 0 spiro atoms. The maximum Gasteiger partial charge on any atom is 0.592 e. The average molecular weight is 623 g/mol. The number of hydrogen-bond acceptors (Lipinski definition) is 13. The summed E-state index contributed by atoms with van der Waals surface area (Å²) in [5, 5.41) is 7.76. The van der Waals surface area contributed by atoms with Crippen LogP contribution in [0.25, 0.3) is 0 Å². The van der Waals surface area contributed by atoms with Crippen molar-refractivity contribution in [3.63, 3.8) is 0 Å². The van der Waals surface area contributed by atoms with Crippen LogP contribution in [-0.2, 0) is 48.6 Å². The van der Waals surface area contributed by atoms with Crippen LogP contribution in [0.15, 0.2) is 0 Å². The summed E-state index contributed by atoms with van der Waals surface area (Å²) in [4.78, 5) is 82.1. The number of unbranched alkanes of at least 4 members (excludes halogenated alkanes) is 10. The number of hydrogen-bond donors (Lipinski definition) is 1. The molecule has 0 radical (unpaired) electrons. The van der Waals surface area contributed by atoms with Gasteiger partial charge in [-0.3, -0.25) is 4.89 Å². The Kier molecular flexibility index (Phi) is 29.7. The summed E-state index contributed by atoms with van der Waals surface area (Å²) >= 11 is 0. The number of rotatable bonds is 20. The molecule has 0 aromatic rings. The Morgan fingerprint density at radius 3 is 1.19 bits per heavy atom. The lowest BCUT2D eigenvalue weighted by Gasteiger charge is -2.05. The fraction of sp³-hybridized carbons (Fsp3) is 0.833. The fourth-order valence-electron chi connectivity index (χ4n) is 3.62. The molecule has 1 N–H and O–H groups in total. The van der Waals surface area contributed by atoms with Gasteiger partial charge in [0.2, 0.25) is 0 Å². The molecule has 0 bridgehead atoms. The second-order valence-electron chi connectivity index (χ2n) is 11.1. The van der Waals surface area contributed by atoms with E-state index in [4.69, 9.17) is 5.26 Å². The van der Waals surface area contributed by atoms with Crippen LogP contribution in [0, 0.1) is 11.8 Å². The summed E-state index contributed by atoms with van der Waals surface area (Å²) in [6.07, 6.45) is 12.9. The number of carbonyl (C=O) groups excluding carboxylic acids is 5. The number of carbonyl (C=O) groups is 5. The Labute approximate surface area is 255 Å². The van der Waals surface area contributed by atoms with Gasteiger partial charge < -0.3 is 0 Å². The molecule has 0 aliphatic heterocycles. The van der Waals surface area contributed by atoms with E-state index in [2.05, 4.69) is 68.8 Å². The van der Waals surface area contributed by atoms with Crippen molar-refractivity contribution in [3.8, 4) is 0 Å². The molecule has 0 atom stereocenters. The maximum absolute atomic E-state index is 11.4. The SMILES string of the molecule is CC(C)CCCCCC(=O)OOC(=O)CCCCCC(C)C.CCCCCCCCCC(=O)OOC(=O)OOC(=O)OO. The predicted octanol–water partition coefficient (Wildman–Crippen LogP) is 8.48. The lowest BCUT2D eigenvalue weighted by molar-refractivity contribution is -0.307. The molecule has 0 saturated carbocycles. The van der Waals surface area contributed by atoms with Crippen LogP contribution in [0.1, 0.15) is 150 Å². The van der Waals surface area contributed by atoms with Crippen LogP contribution in [0.3, 0.4) is 0 Å². The minimum Gasteiger partial charge on any atom is -0.260 e. The molecule has 0 aromatic heterocycles. The van der Waals surface area contributed by atoms with E-state index >= 15 is 0 Å². The Bertz CT molecular complexity index is 708. The molecule has 0 unspecified atom stereocenters. The minimum atomic E-state index is -1.68. The second kappa shape index (κ2) is 30.4. The van der Waals surface area contributed by atoms with Crippen molar-refractivity contribution in [2.75, 3.05) is 0 Å². The third-order valence-electron chi connectivity index (χ3n) is 5.99. The van der Waals surface area contributed by atoms with Gasteiger partial charge in [0.15, 0.2) is 0 Å². The average Bonchev–Trinajstić information content (AvgIpc) is 2.96. The first kappa shape index (κ1) is 42.0. The van der Waals surface area contributed by atoms with Gasteiger partial charge in [-0.1, -0.05) is 112 Å². The van der Waals surface area contributed by atoms with Crippen molar-refractivity contribution in [3.05, 3.63) is 0 Å². The Hall–Kier alpha value is -3.09. The van der Waals surface area contributed by atoms with Crippen LogP contribution >= 0.6 is 0 Å². The second-order valence-corrected chi connectivity index (χ2v) is 11.1. The molecule has 13 nitrogen and oxygen atoms in total. The van der Waals surface area contributed by atoms with E-state index in [1.165, 1.54) is 32.1 Å². The summed E-state index contributed by atoms with van der Waals surface area (Å²) in [6.45, 7) is 10.9. The van der Waals surface area contributed by atoms with E-state index < -0.39 is 30.2 Å². The highest BCUT2D eigenvalue weighted by molar-refractivity contribution is 5.72. The molecule has 0 aromatic carbocycles. The molecule has 0 rings (SSSR count).